The molecule has 1 aliphatic heterocycles. The molecule has 1 amide bonds. The minimum Gasteiger partial charge on any atom is -0.497 e. The number of ether oxygens (including phenoxy) is 1. The molecule has 1 atom stereocenters. The predicted molar refractivity (Wildman–Crippen MR) is 78.0 cm³/mol. The predicted octanol–water partition coefficient (Wildman–Crippen LogP) is 1.53. The van der Waals surface area contributed by atoms with Gasteiger partial charge in [0.25, 0.3) is 0 Å². The smallest absolute Gasteiger partial charge is 0.224 e. The van der Waals surface area contributed by atoms with Crippen molar-refractivity contribution in [3.8, 4) is 5.75 Å². The van der Waals surface area contributed by atoms with Gasteiger partial charge in [0.2, 0.25) is 5.91 Å². The Labute approximate surface area is 120 Å². The second-order valence-corrected chi connectivity index (χ2v) is 4.63. The van der Waals surface area contributed by atoms with Crippen LogP contribution in [0.3, 0.4) is 0 Å². The Balaban J connectivity index is 0.00000180. The van der Waals surface area contributed by atoms with Crippen LogP contribution in [-0.2, 0) is 11.2 Å². The summed E-state index contributed by atoms with van der Waals surface area (Å²) in [5.41, 5.74) is 0.978. The summed E-state index contributed by atoms with van der Waals surface area (Å²) in [6, 6.07) is 8.06. The maximum atomic E-state index is 11.8. The summed E-state index contributed by atoms with van der Waals surface area (Å²) < 4.78 is 5.14. The van der Waals surface area contributed by atoms with Crippen LogP contribution in [0.1, 0.15) is 18.4 Å². The molecule has 106 valence electrons. The first-order valence-corrected chi connectivity index (χ1v) is 6.41. The molecule has 1 aromatic carbocycles. The van der Waals surface area contributed by atoms with Gasteiger partial charge >= 0.3 is 0 Å². The standard InChI is InChI=1S/C14H20N2O2.ClH/c1-18-13-6-2-4-11(8-13)9-14(17)16-10-12-5-3-7-15-12;/h2,4,6,8,12,15H,3,5,7,9-10H2,1H3,(H,16,17);1H. The third-order valence-electron chi connectivity index (χ3n) is 3.21. The van der Waals surface area contributed by atoms with E-state index in [9.17, 15) is 4.79 Å². The van der Waals surface area contributed by atoms with E-state index < -0.39 is 0 Å². The molecular formula is C14H21ClN2O2. The van der Waals surface area contributed by atoms with Gasteiger partial charge in [-0.1, -0.05) is 12.1 Å². The van der Waals surface area contributed by atoms with E-state index in [0.717, 1.165) is 30.8 Å². The summed E-state index contributed by atoms with van der Waals surface area (Å²) in [6.07, 6.45) is 2.76. The van der Waals surface area contributed by atoms with Crippen LogP contribution in [0.2, 0.25) is 0 Å². The third kappa shape index (κ3) is 5.09. The number of carbonyl (C=O) groups is 1. The topological polar surface area (TPSA) is 50.4 Å². The lowest BCUT2D eigenvalue weighted by molar-refractivity contribution is -0.120. The maximum Gasteiger partial charge on any atom is 0.224 e. The highest BCUT2D eigenvalue weighted by Gasteiger charge is 2.14. The first kappa shape index (κ1) is 15.8. The molecule has 1 saturated heterocycles. The number of hydrogen-bond donors (Lipinski definition) is 2. The van der Waals surface area contributed by atoms with Crippen LogP contribution in [0.25, 0.3) is 0 Å². The summed E-state index contributed by atoms with van der Waals surface area (Å²) in [4.78, 5) is 11.8. The molecule has 2 rings (SSSR count). The normalized spacial score (nSPS) is 17.6. The van der Waals surface area contributed by atoms with Gasteiger partial charge in [0, 0.05) is 12.6 Å². The number of nitrogens with one attached hydrogen (secondary N) is 2. The molecule has 0 bridgehead atoms. The highest BCUT2D eigenvalue weighted by atomic mass is 35.5. The first-order chi connectivity index (χ1) is 8.78. The van der Waals surface area contributed by atoms with E-state index in [1.807, 2.05) is 24.3 Å². The molecule has 0 aromatic heterocycles. The average molecular weight is 285 g/mol. The van der Waals surface area contributed by atoms with E-state index in [1.165, 1.54) is 6.42 Å². The molecule has 2 N–H and O–H groups in total. The second-order valence-electron chi connectivity index (χ2n) is 4.63. The van der Waals surface area contributed by atoms with Gasteiger partial charge in [-0.25, -0.2) is 0 Å². The maximum absolute atomic E-state index is 11.8. The number of methoxy groups -OCH3 is 1. The summed E-state index contributed by atoms with van der Waals surface area (Å²) in [5.74, 6) is 0.856. The van der Waals surface area contributed by atoms with Crippen molar-refractivity contribution in [3.63, 3.8) is 0 Å². The number of benzene rings is 1. The molecule has 1 aromatic rings. The van der Waals surface area contributed by atoms with Crippen LogP contribution in [0.15, 0.2) is 24.3 Å². The largest absolute Gasteiger partial charge is 0.497 e. The van der Waals surface area contributed by atoms with E-state index in [-0.39, 0.29) is 18.3 Å². The molecule has 5 heteroatoms. The van der Waals surface area contributed by atoms with E-state index in [1.54, 1.807) is 7.11 Å². The quantitative estimate of drug-likeness (QED) is 0.862. The lowest BCUT2D eigenvalue weighted by Crippen LogP contribution is -2.37. The Morgan fingerprint density at radius 3 is 3.05 bits per heavy atom. The van der Waals surface area contributed by atoms with Crippen molar-refractivity contribution in [1.29, 1.82) is 0 Å². The number of hydrogen-bond acceptors (Lipinski definition) is 3. The second kappa shape index (κ2) is 8.02. The lowest BCUT2D eigenvalue weighted by atomic mass is 10.1. The summed E-state index contributed by atoms with van der Waals surface area (Å²) in [6.45, 7) is 1.79. The average Bonchev–Trinajstić information content (AvgIpc) is 2.90. The van der Waals surface area contributed by atoms with Gasteiger partial charge in [-0.05, 0) is 37.1 Å². The number of rotatable bonds is 5. The molecule has 4 nitrogen and oxygen atoms in total. The Morgan fingerprint density at radius 2 is 2.37 bits per heavy atom. The van der Waals surface area contributed by atoms with Gasteiger partial charge in [0.15, 0.2) is 0 Å². The van der Waals surface area contributed by atoms with E-state index >= 15 is 0 Å². The minimum absolute atomic E-state index is 0. The van der Waals surface area contributed by atoms with Crippen LogP contribution < -0.4 is 15.4 Å². The van der Waals surface area contributed by atoms with Crippen molar-refractivity contribution >= 4 is 18.3 Å². The molecule has 19 heavy (non-hydrogen) atoms. The van der Waals surface area contributed by atoms with Gasteiger partial charge in [-0.3, -0.25) is 4.79 Å². The fourth-order valence-corrected chi connectivity index (χ4v) is 2.20. The molecule has 0 radical (unpaired) electrons. The van der Waals surface area contributed by atoms with E-state index in [4.69, 9.17) is 4.74 Å². The van der Waals surface area contributed by atoms with Crippen molar-refractivity contribution in [2.24, 2.45) is 0 Å². The fourth-order valence-electron chi connectivity index (χ4n) is 2.20. The fraction of sp³-hybridized carbons (Fsp3) is 0.500. The monoisotopic (exact) mass is 284 g/mol. The molecular weight excluding hydrogens is 264 g/mol. The van der Waals surface area contributed by atoms with Crippen molar-refractivity contribution in [2.75, 3.05) is 20.2 Å². The first-order valence-electron chi connectivity index (χ1n) is 6.41. The van der Waals surface area contributed by atoms with Crippen molar-refractivity contribution in [1.82, 2.24) is 10.6 Å². The van der Waals surface area contributed by atoms with Crippen LogP contribution in [0.5, 0.6) is 5.75 Å². The van der Waals surface area contributed by atoms with Crippen molar-refractivity contribution in [2.45, 2.75) is 25.3 Å². The van der Waals surface area contributed by atoms with Crippen LogP contribution in [-0.4, -0.2) is 32.1 Å². The van der Waals surface area contributed by atoms with Gasteiger partial charge in [-0.2, -0.15) is 0 Å². The molecule has 0 saturated carbocycles. The Hall–Kier alpha value is -1.26. The summed E-state index contributed by atoms with van der Waals surface area (Å²) in [7, 11) is 1.63. The zero-order valence-corrected chi connectivity index (χ0v) is 12.0. The molecule has 0 spiro atoms. The molecule has 1 heterocycles. The lowest BCUT2D eigenvalue weighted by Gasteiger charge is -2.11. The van der Waals surface area contributed by atoms with E-state index in [0.29, 0.717) is 12.5 Å². The van der Waals surface area contributed by atoms with Crippen molar-refractivity contribution in [3.05, 3.63) is 29.8 Å². The highest BCUT2D eigenvalue weighted by molar-refractivity contribution is 5.85. The van der Waals surface area contributed by atoms with Gasteiger partial charge in [0.1, 0.15) is 5.75 Å². The summed E-state index contributed by atoms with van der Waals surface area (Å²) >= 11 is 0. The van der Waals surface area contributed by atoms with Crippen molar-refractivity contribution < 1.29 is 9.53 Å². The third-order valence-corrected chi connectivity index (χ3v) is 3.21. The number of carbonyl (C=O) groups excluding carboxylic acids is 1. The van der Waals surface area contributed by atoms with Crippen LogP contribution in [0.4, 0.5) is 0 Å². The van der Waals surface area contributed by atoms with Crippen LogP contribution in [0, 0.1) is 0 Å². The molecule has 1 unspecified atom stereocenters. The number of halogens is 1. The molecule has 1 aliphatic rings. The minimum atomic E-state index is 0. The van der Waals surface area contributed by atoms with Crippen LogP contribution >= 0.6 is 12.4 Å². The van der Waals surface area contributed by atoms with E-state index in [2.05, 4.69) is 10.6 Å². The Morgan fingerprint density at radius 1 is 1.53 bits per heavy atom. The van der Waals surface area contributed by atoms with Gasteiger partial charge in [-0.15, -0.1) is 12.4 Å². The van der Waals surface area contributed by atoms with Gasteiger partial charge < -0.3 is 15.4 Å². The summed E-state index contributed by atoms with van der Waals surface area (Å²) in [5, 5.41) is 6.33. The van der Waals surface area contributed by atoms with Gasteiger partial charge in [0.05, 0.1) is 13.5 Å². The number of amides is 1. The molecule has 0 aliphatic carbocycles. The molecule has 1 fully saturated rings. The zero-order valence-electron chi connectivity index (χ0n) is 11.1. The Bertz CT molecular complexity index is 406. The Kier molecular flexibility index (Phi) is 6.67. The SMILES string of the molecule is COc1cccc(CC(=O)NCC2CCCN2)c1.Cl. The highest BCUT2D eigenvalue weighted by Crippen LogP contribution is 2.12. The zero-order chi connectivity index (χ0) is 12.8.